The second-order valence-corrected chi connectivity index (χ2v) is 5.12. The molecule has 21 heavy (non-hydrogen) atoms. The molecule has 1 aliphatic heterocycles. The van der Waals surface area contributed by atoms with Crippen molar-refractivity contribution in [3.05, 3.63) is 35.7 Å². The van der Waals surface area contributed by atoms with Crippen LogP contribution in [0.15, 0.2) is 30.5 Å². The van der Waals surface area contributed by atoms with Gasteiger partial charge in [0.1, 0.15) is 19.0 Å². The Labute approximate surface area is 127 Å². The number of likely N-dealkylation sites (N-methyl/N-ethyl adjacent to an activating group) is 1. The van der Waals surface area contributed by atoms with Gasteiger partial charge in [-0.2, -0.15) is 4.98 Å². The fraction of sp³-hybridized carbons (Fsp3) is 0.286. The Balaban J connectivity index is 1.68. The van der Waals surface area contributed by atoms with Crippen molar-refractivity contribution in [2.24, 2.45) is 0 Å². The first kappa shape index (κ1) is 13.8. The Bertz CT molecular complexity index is 635. The molecule has 7 heteroatoms. The van der Waals surface area contributed by atoms with Gasteiger partial charge in [0.05, 0.1) is 12.2 Å². The van der Waals surface area contributed by atoms with E-state index in [0.717, 1.165) is 5.75 Å². The normalized spacial score (nSPS) is 17.0. The van der Waals surface area contributed by atoms with E-state index < -0.39 is 0 Å². The quantitative estimate of drug-likeness (QED) is 0.690. The van der Waals surface area contributed by atoms with Gasteiger partial charge in [0.25, 0.3) is 0 Å². The minimum Gasteiger partial charge on any atom is -0.491 e. The molecule has 0 fully saturated rings. The topological polar surface area (TPSA) is 73.5 Å². The SMILES string of the molecule is CN1c2nc(Cl)ncc2OC[C@H]1COc1ccc(N)cc1. The largest absolute Gasteiger partial charge is 0.491 e. The number of nitrogens with zero attached hydrogens (tertiary/aromatic N) is 3. The number of benzene rings is 1. The summed E-state index contributed by atoms with van der Waals surface area (Å²) in [7, 11) is 1.93. The lowest BCUT2D eigenvalue weighted by molar-refractivity contribution is 0.202. The van der Waals surface area contributed by atoms with Gasteiger partial charge in [0, 0.05) is 12.7 Å². The maximum atomic E-state index is 5.83. The highest BCUT2D eigenvalue weighted by Crippen LogP contribution is 2.31. The van der Waals surface area contributed by atoms with Crippen LogP contribution in [0.1, 0.15) is 0 Å². The van der Waals surface area contributed by atoms with Crippen molar-refractivity contribution in [2.75, 3.05) is 30.9 Å². The van der Waals surface area contributed by atoms with Gasteiger partial charge >= 0.3 is 0 Å². The lowest BCUT2D eigenvalue weighted by atomic mass is 10.2. The van der Waals surface area contributed by atoms with Crippen molar-refractivity contribution in [1.82, 2.24) is 9.97 Å². The molecule has 0 amide bonds. The van der Waals surface area contributed by atoms with Crippen LogP contribution in [0, 0.1) is 0 Å². The zero-order valence-electron chi connectivity index (χ0n) is 11.5. The molecule has 0 aliphatic carbocycles. The average molecular weight is 307 g/mol. The number of aromatic nitrogens is 2. The molecule has 2 aromatic rings. The zero-order chi connectivity index (χ0) is 14.8. The van der Waals surface area contributed by atoms with Crippen LogP contribution >= 0.6 is 11.6 Å². The van der Waals surface area contributed by atoms with Crippen molar-refractivity contribution < 1.29 is 9.47 Å². The molecule has 0 bridgehead atoms. The molecule has 0 saturated carbocycles. The highest BCUT2D eigenvalue weighted by atomic mass is 35.5. The highest BCUT2D eigenvalue weighted by molar-refractivity contribution is 6.28. The van der Waals surface area contributed by atoms with Gasteiger partial charge in [-0.1, -0.05) is 0 Å². The number of nitrogens with two attached hydrogens (primary N) is 1. The average Bonchev–Trinajstić information content (AvgIpc) is 2.49. The van der Waals surface area contributed by atoms with E-state index in [9.17, 15) is 0 Å². The summed E-state index contributed by atoms with van der Waals surface area (Å²) >= 11 is 5.83. The molecular formula is C14H15ClN4O2. The number of anilines is 2. The third-order valence-corrected chi connectivity index (χ3v) is 3.52. The van der Waals surface area contributed by atoms with Crippen molar-refractivity contribution in [2.45, 2.75) is 6.04 Å². The van der Waals surface area contributed by atoms with E-state index in [1.807, 2.05) is 24.1 Å². The number of halogens is 1. The highest BCUT2D eigenvalue weighted by Gasteiger charge is 2.27. The first-order valence-corrected chi connectivity index (χ1v) is 6.88. The third-order valence-electron chi connectivity index (χ3n) is 3.34. The molecule has 0 spiro atoms. The lowest BCUT2D eigenvalue weighted by Gasteiger charge is -2.34. The van der Waals surface area contributed by atoms with Gasteiger partial charge in [0.2, 0.25) is 5.28 Å². The molecule has 1 aromatic heterocycles. The van der Waals surface area contributed by atoms with Crippen LogP contribution in [0.25, 0.3) is 0 Å². The Morgan fingerprint density at radius 2 is 2.19 bits per heavy atom. The predicted molar refractivity (Wildman–Crippen MR) is 81.1 cm³/mol. The molecule has 2 N–H and O–H groups in total. The molecule has 0 radical (unpaired) electrons. The van der Waals surface area contributed by atoms with Crippen LogP contribution in [0.5, 0.6) is 11.5 Å². The second kappa shape index (κ2) is 5.65. The minimum atomic E-state index is 0.0426. The summed E-state index contributed by atoms with van der Waals surface area (Å²) in [5.41, 5.74) is 6.35. The van der Waals surface area contributed by atoms with Crippen LogP contribution in [-0.4, -0.2) is 36.3 Å². The van der Waals surface area contributed by atoms with E-state index in [-0.39, 0.29) is 11.3 Å². The molecule has 0 saturated heterocycles. The zero-order valence-corrected chi connectivity index (χ0v) is 12.2. The summed E-state index contributed by atoms with van der Waals surface area (Å²) in [6.45, 7) is 0.977. The number of nitrogen functional groups attached to an aromatic ring is 1. The summed E-state index contributed by atoms with van der Waals surface area (Å²) in [6.07, 6.45) is 1.58. The van der Waals surface area contributed by atoms with E-state index in [0.29, 0.717) is 30.5 Å². The monoisotopic (exact) mass is 306 g/mol. The van der Waals surface area contributed by atoms with Crippen molar-refractivity contribution in [3.63, 3.8) is 0 Å². The van der Waals surface area contributed by atoms with Crippen LogP contribution in [-0.2, 0) is 0 Å². The number of ether oxygens (including phenoxy) is 2. The Hall–Kier alpha value is -2.21. The smallest absolute Gasteiger partial charge is 0.224 e. The summed E-state index contributed by atoms with van der Waals surface area (Å²) in [5.74, 6) is 2.07. The summed E-state index contributed by atoms with van der Waals surface area (Å²) in [5, 5.41) is 0.198. The summed E-state index contributed by atoms with van der Waals surface area (Å²) < 4.78 is 11.4. The van der Waals surface area contributed by atoms with E-state index in [1.54, 1.807) is 18.3 Å². The van der Waals surface area contributed by atoms with Crippen molar-refractivity contribution >= 4 is 23.1 Å². The molecule has 6 nitrogen and oxygen atoms in total. The predicted octanol–water partition coefficient (Wildman–Crippen LogP) is 1.99. The Morgan fingerprint density at radius 1 is 1.43 bits per heavy atom. The van der Waals surface area contributed by atoms with E-state index in [4.69, 9.17) is 26.8 Å². The fourth-order valence-corrected chi connectivity index (χ4v) is 2.21. The molecule has 1 aliphatic rings. The summed E-state index contributed by atoms with van der Waals surface area (Å²) in [6, 6.07) is 7.33. The number of hydrogen-bond acceptors (Lipinski definition) is 6. The second-order valence-electron chi connectivity index (χ2n) is 4.78. The van der Waals surface area contributed by atoms with Gasteiger partial charge in [0.15, 0.2) is 11.6 Å². The minimum absolute atomic E-state index is 0.0426. The summed E-state index contributed by atoms with van der Waals surface area (Å²) in [4.78, 5) is 10.1. The van der Waals surface area contributed by atoms with Crippen molar-refractivity contribution in [1.29, 1.82) is 0 Å². The van der Waals surface area contributed by atoms with Crippen LogP contribution in [0.4, 0.5) is 11.5 Å². The molecule has 2 heterocycles. The maximum absolute atomic E-state index is 5.83. The standard InChI is InChI=1S/C14H15ClN4O2/c1-19-10(7-20-11-4-2-9(16)3-5-11)8-21-12-6-17-14(15)18-13(12)19/h2-6,10H,7-8,16H2,1H3/t10-/m1/s1. The van der Waals surface area contributed by atoms with Crippen molar-refractivity contribution in [3.8, 4) is 11.5 Å². The van der Waals surface area contributed by atoms with Crippen LogP contribution in [0.2, 0.25) is 5.28 Å². The van der Waals surface area contributed by atoms with E-state index >= 15 is 0 Å². The molecule has 1 atom stereocenters. The number of rotatable bonds is 3. The van der Waals surface area contributed by atoms with Gasteiger partial charge in [-0.05, 0) is 35.9 Å². The number of fused-ring (bicyclic) bond motifs is 1. The van der Waals surface area contributed by atoms with Gasteiger partial charge in [-0.3, -0.25) is 0 Å². The molecular weight excluding hydrogens is 292 g/mol. The molecule has 1 aromatic carbocycles. The van der Waals surface area contributed by atoms with Gasteiger partial charge in [-0.25, -0.2) is 4.98 Å². The molecule has 110 valence electrons. The van der Waals surface area contributed by atoms with Crippen LogP contribution < -0.4 is 20.1 Å². The van der Waals surface area contributed by atoms with E-state index in [1.165, 1.54) is 0 Å². The third kappa shape index (κ3) is 2.95. The molecule has 0 unspecified atom stereocenters. The Morgan fingerprint density at radius 3 is 2.95 bits per heavy atom. The number of hydrogen-bond donors (Lipinski definition) is 1. The first-order valence-electron chi connectivity index (χ1n) is 6.50. The molecule has 3 rings (SSSR count). The van der Waals surface area contributed by atoms with Gasteiger partial charge < -0.3 is 20.1 Å². The first-order chi connectivity index (χ1) is 10.1. The maximum Gasteiger partial charge on any atom is 0.224 e. The fourth-order valence-electron chi connectivity index (χ4n) is 2.08. The van der Waals surface area contributed by atoms with Gasteiger partial charge in [-0.15, -0.1) is 0 Å². The van der Waals surface area contributed by atoms with Crippen LogP contribution in [0.3, 0.4) is 0 Å². The Kier molecular flexibility index (Phi) is 3.70. The van der Waals surface area contributed by atoms with E-state index in [2.05, 4.69) is 9.97 Å². The lowest BCUT2D eigenvalue weighted by Crippen LogP contribution is -2.44.